The standard InChI is InChI=1S/C16H19N5O3/c1-10-4-14-15(5-11(10)2)19(9-17-14)6-13(22)7-20-8-16(21(23)24)12(3)18-20/h4-5,8-9,13,22H,6-7H2,1-3H3/t13-/m0/s1. The van der Waals surface area contributed by atoms with Crippen molar-refractivity contribution >= 4 is 16.7 Å². The Kier molecular flexibility index (Phi) is 4.06. The lowest BCUT2D eigenvalue weighted by Gasteiger charge is -2.12. The molecule has 0 saturated carbocycles. The van der Waals surface area contributed by atoms with Crippen LogP contribution >= 0.6 is 0 Å². The fraction of sp³-hybridized carbons (Fsp3) is 0.375. The Hall–Kier alpha value is -2.74. The van der Waals surface area contributed by atoms with Gasteiger partial charge in [0.05, 0.1) is 41.5 Å². The molecule has 1 aromatic carbocycles. The number of aliphatic hydroxyl groups excluding tert-OH is 1. The third-order valence-corrected chi connectivity index (χ3v) is 4.16. The number of fused-ring (bicyclic) bond motifs is 1. The second kappa shape index (κ2) is 6.04. The molecule has 3 aromatic rings. The number of imidazole rings is 1. The van der Waals surface area contributed by atoms with Crippen molar-refractivity contribution in [2.24, 2.45) is 0 Å². The van der Waals surface area contributed by atoms with Crippen molar-refractivity contribution in [3.8, 4) is 0 Å². The molecule has 0 spiro atoms. The molecule has 8 nitrogen and oxygen atoms in total. The van der Waals surface area contributed by atoms with Gasteiger partial charge in [-0.1, -0.05) is 0 Å². The van der Waals surface area contributed by atoms with E-state index >= 15 is 0 Å². The molecule has 8 heteroatoms. The van der Waals surface area contributed by atoms with Gasteiger partial charge in [-0.3, -0.25) is 14.8 Å². The van der Waals surface area contributed by atoms with Gasteiger partial charge in [0.2, 0.25) is 0 Å². The molecule has 1 N–H and O–H groups in total. The molecule has 0 aliphatic carbocycles. The first kappa shape index (κ1) is 16.1. The van der Waals surface area contributed by atoms with Crippen LogP contribution < -0.4 is 0 Å². The zero-order valence-electron chi connectivity index (χ0n) is 13.8. The lowest BCUT2D eigenvalue weighted by Crippen LogP contribution is -2.22. The molecule has 0 unspecified atom stereocenters. The molecule has 1 atom stereocenters. The van der Waals surface area contributed by atoms with Crippen LogP contribution in [0.3, 0.4) is 0 Å². The smallest absolute Gasteiger partial charge is 0.309 e. The van der Waals surface area contributed by atoms with Gasteiger partial charge in [0.25, 0.3) is 0 Å². The highest BCUT2D eigenvalue weighted by atomic mass is 16.6. The van der Waals surface area contributed by atoms with Gasteiger partial charge >= 0.3 is 5.69 Å². The molecule has 24 heavy (non-hydrogen) atoms. The predicted molar refractivity (Wildman–Crippen MR) is 88.8 cm³/mol. The maximum atomic E-state index is 10.9. The summed E-state index contributed by atoms with van der Waals surface area (Å²) in [6.07, 6.45) is 2.31. The molecule has 2 aromatic heterocycles. The first-order chi connectivity index (χ1) is 11.3. The van der Waals surface area contributed by atoms with Gasteiger partial charge in [-0.25, -0.2) is 4.98 Å². The van der Waals surface area contributed by atoms with E-state index in [1.54, 1.807) is 13.3 Å². The number of benzene rings is 1. The Morgan fingerprint density at radius 3 is 2.62 bits per heavy atom. The van der Waals surface area contributed by atoms with E-state index in [0.717, 1.165) is 16.6 Å². The Labute approximate surface area is 138 Å². The zero-order chi connectivity index (χ0) is 17.4. The highest BCUT2D eigenvalue weighted by Crippen LogP contribution is 2.19. The van der Waals surface area contributed by atoms with E-state index in [-0.39, 0.29) is 12.2 Å². The number of aromatic nitrogens is 4. The Balaban J connectivity index is 1.78. The van der Waals surface area contributed by atoms with Crippen LogP contribution in [0.1, 0.15) is 16.8 Å². The molecule has 0 saturated heterocycles. The van der Waals surface area contributed by atoms with Gasteiger partial charge in [0.15, 0.2) is 0 Å². The van der Waals surface area contributed by atoms with Crippen LogP contribution in [0.4, 0.5) is 5.69 Å². The molecular formula is C16H19N5O3. The fourth-order valence-electron chi connectivity index (χ4n) is 2.74. The van der Waals surface area contributed by atoms with Crippen molar-refractivity contribution in [1.29, 1.82) is 0 Å². The van der Waals surface area contributed by atoms with E-state index in [2.05, 4.69) is 10.1 Å². The molecule has 3 rings (SSSR count). The van der Waals surface area contributed by atoms with Crippen molar-refractivity contribution in [3.63, 3.8) is 0 Å². The van der Waals surface area contributed by atoms with E-state index in [4.69, 9.17) is 0 Å². The van der Waals surface area contributed by atoms with Crippen LogP contribution in [0, 0.1) is 30.9 Å². The summed E-state index contributed by atoms with van der Waals surface area (Å²) in [7, 11) is 0. The zero-order valence-corrected chi connectivity index (χ0v) is 13.8. The monoisotopic (exact) mass is 329 g/mol. The third-order valence-electron chi connectivity index (χ3n) is 4.16. The number of nitrogens with zero attached hydrogens (tertiary/aromatic N) is 5. The normalized spacial score (nSPS) is 12.7. The van der Waals surface area contributed by atoms with E-state index in [0.29, 0.717) is 12.2 Å². The Bertz CT molecular complexity index is 912. The summed E-state index contributed by atoms with van der Waals surface area (Å²) >= 11 is 0. The van der Waals surface area contributed by atoms with E-state index < -0.39 is 11.0 Å². The van der Waals surface area contributed by atoms with Crippen molar-refractivity contribution in [3.05, 3.63) is 51.6 Å². The van der Waals surface area contributed by atoms with Gasteiger partial charge in [-0.05, 0) is 44.0 Å². The van der Waals surface area contributed by atoms with Crippen LogP contribution in [0.5, 0.6) is 0 Å². The van der Waals surface area contributed by atoms with E-state index in [9.17, 15) is 15.2 Å². The third kappa shape index (κ3) is 3.00. The number of aryl methyl sites for hydroxylation is 3. The molecule has 0 radical (unpaired) electrons. The van der Waals surface area contributed by atoms with Gasteiger partial charge in [-0.2, -0.15) is 5.10 Å². The summed E-state index contributed by atoms with van der Waals surface area (Å²) < 4.78 is 3.30. The highest BCUT2D eigenvalue weighted by Gasteiger charge is 2.17. The van der Waals surface area contributed by atoms with Crippen molar-refractivity contribution in [2.45, 2.75) is 40.0 Å². The largest absolute Gasteiger partial charge is 0.389 e. The minimum absolute atomic E-state index is 0.0404. The van der Waals surface area contributed by atoms with Crippen LogP contribution in [0.15, 0.2) is 24.7 Å². The van der Waals surface area contributed by atoms with E-state index in [1.807, 2.05) is 30.5 Å². The minimum atomic E-state index is -0.733. The molecule has 126 valence electrons. The molecule has 0 bridgehead atoms. The number of nitro groups is 1. The van der Waals surface area contributed by atoms with Crippen molar-refractivity contribution < 1.29 is 10.0 Å². The lowest BCUT2D eigenvalue weighted by molar-refractivity contribution is -0.385. The maximum absolute atomic E-state index is 10.9. The second-order valence-corrected chi connectivity index (χ2v) is 6.05. The summed E-state index contributed by atoms with van der Waals surface area (Å²) in [5.41, 5.74) is 4.48. The summed E-state index contributed by atoms with van der Waals surface area (Å²) in [4.78, 5) is 14.8. The highest BCUT2D eigenvalue weighted by molar-refractivity contribution is 5.77. The average molecular weight is 329 g/mol. The quantitative estimate of drug-likeness (QED) is 0.571. The topological polar surface area (TPSA) is 99.0 Å². The average Bonchev–Trinajstić information content (AvgIpc) is 3.04. The molecular weight excluding hydrogens is 310 g/mol. The Morgan fingerprint density at radius 2 is 1.96 bits per heavy atom. The molecule has 0 aliphatic rings. The lowest BCUT2D eigenvalue weighted by atomic mass is 10.1. The first-order valence-corrected chi connectivity index (χ1v) is 7.63. The number of aliphatic hydroxyl groups is 1. The summed E-state index contributed by atoms with van der Waals surface area (Å²) in [6.45, 7) is 6.17. The minimum Gasteiger partial charge on any atom is -0.389 e. The van der Waals surface area contributed by atoms with Gasteiger partial charge in [0.1, 0.15) is 11.9 Å². The maximum Gasteiger partial charge on any atom is 0.309 e. The fourth-order valence-corrected chi connectivity index (χ4v) is 2.74. The molecule has 0 aliphatic heterocycles. The number of rotatable bonds is 5. The first-order valence-electron chi connectivity index (χ1n) is 7.63. The van der Waals surface area contributed by atoms with Crippen LogP contribution in [-0.2, 0) is 13.1 Å². The van der Waals surface area contributed by atoms with Crippen LogP contribution in [-0.4, -0.2) is 35.5 Å². The van der Waals surface area contributed by atoms with Crippen molar-refractivity contribution in [2.75, 3.05) is 0 Å². The van der Waals surface area contributed by atoms with Gasteiger partial charge < -0.3 is 9.67 Å². The van der Waals surface area contributed by atoms with Crippen LogP contribution in [0.2, 0.25) is 0 Å². The SMILES string of the molecule is Cc1cc2ncn(C[C@H](O)Cn3cc([N+](=O)[O-])c(C)n3)c2cc1C. The predicted octanol–water partition coefficient (Wildman–Crippen LogP) is 2.13. The number of hydrogen-bond donors (Lipinski definition) is 1. The van der Waals surface area contributed by atoms with Gasteiger partial charge in [0, 0.05) is 0 Å². The summed E-state index contributed by atoms with van der Waals surface area (Å²) in [5.74, 6) is 0. The molecule has 0 fully saturated rings. The van der Waals surface area contributed by atoms with Gasteiger partial charge in [-0.15, -0.1) is 0 Å². The number of hydrogen-bond acceptors (Lipinski definition) is 5. The summed E-state index contributed by atoms with van der Waals surface area (Å²) in [6, 6.07) is 4.07. The molecule has 2 heterocycles. The molecule has 0 amide bonds. The second-order valence-electron chi connectivity index (χ2n) is 6.05. The summed E-state index contributed by atoms with van der Waals surface area (Å²) in [5, 5.41) is 25.3. The Morgan fingerprint density at radius 1 is 1.25 bits per heavy atom. The van der Waals surface area contributed by atoms with Crippen LogP contribution in [0.25, 0.3) is 11.0 Å². The van der Waals surface area contributed by atoms with E-state index in [1.165, 1.54) is 16.4 Å². The van der Waals surface area contributed by atoms with Crippen molar-refractivity contribution in [1.82, 2.24) is 19.3 Å².